The zero-order valence-corrected chi connectivity index (χ0v) is 10.5. The molecule has 0 aromatic heterocycles. The highest BCUT2D eigenvalue weighted by Crippen LogP contribution is 2.72. The zero-order chi connectivity index (χ0) is 13.0. The fraction of sp³-hybridized carbons (Fsp3) is 0.412. The molecule has 2 heteroatoms. The molecule has 5 unspecified atom stereocenters. The van der Waals surface area contributed by atoms with Gasteiger partial charge >= 0.3 is 0 Å². The molecule has 4 rings (SSSR count). The normalized spacial score (nSPS) is 40.0. The third-order valence-corrected chi connectivity index (χ3v) is 5.45. The molecule has 92 valence electrons. The topological polar surface area (TPSA) is 47.6 Å². The summed E-state index contributed by atoms with van der Waals surface area (Å²) < 4.78 is 0. The van der Waals surface area contributed by atoms with Gasteiger partial charge in [0.25, 0.3) is 0 Å². The van der Waals surface area contributed by atoms with Crippen LogP contribution in [0.4, 0.5) is 0 Å². The number of fused-ring (bicyclic) bond motifs is 5. The highest BCUT2D eigenvalue weighted by atomic mass is 14.7. The maximum absolute atomic E-state index is 9.65. The van der Waals surface area contributed by atoms with Crippen molar-refractivity contribution in [1.82, 2.24) is 0 Å². The van der Waals surface area contributed by atoms with Gasteiger partial charge in [0, 0.05) is 11.8 Å². The van der Waals surface area contributed by atoms with Crippen molar-refractivity contribution in [2.75, 3.05) is 0 Å². The molecule has 2 bridgehead atoms. The number of hydrogen-bond acceptors (Lipinski definition) is 2. The third kappa shape index (κ3) is 1.11. The van der Waals surface area contributed by atoms with Crippen LogP contribution >= 0.6 is 0 Å². The molecule has 19 heavy (non-hydrogen) atoms. The van der Waals surface area contributed by atoms with Crippen LogP contribution in [0.25, 0.3) is 0 Å². The van der Waals surface area contributed by atoms with Gasteiger partial charge in [-0.1, -0.05) is 42.5 Å². The maximum Gasteiger partial charge on any atom is 0.154 e. The maximum atomic E-state index is 9.65. The number of allylic oxidation sites excluding steroid dienone is 2. The first-order chi connectivity index (χ1) is 9.31. The first kappa shape index (κ1) is 10.8. The number of rotatable bonds is 1. The number of nitrogens with zero attached hydrogens (tertiary/aromatic N) is 2. The third-order valence-electron chi connectivity index (χ3n) is 5.45. The van der Waals surface area contributed by atoms with Gasteiger partial charge in [-0.2, -0.15) is 10.5 Å². The Morgan fingerprint density at radius 3 is 2.37 bits per heavy atom. The van der Waals surface area contributed by atoms with Crippen LogP contribution in [0, 0.1) is 51.7 Å². The predicted octanol–water partition coefficient (Wildman–Crippen LogP) is 3.26. The first-order valence-electron chi connectivity index (χ1n) is 6.87. The summed E-state index contributed by atoms with van der Waals surface area (Å²) in [5.41, 5.74) is 0.351. The summed E-state index contributed by atoms with van der Waals surface area (Å²) in [4.78, 5) is 0. The molecule has 0 amide bonds. The monoisotopic (exact) mass is 246 g/mol. The van der Waals surface area contributed by atoms with E-state index < -0.39 is 5.41 Å². The Balaban J connectivity index is 1.84. The van der Waals surface area contributed by atoms with E-state index in [1.807, 2.05) is 18.2 Å². The highest BCUT2D eigenvalue weighted by molar-refractivity contribution is 5.44. The van der Waals surface area contributed by atoms with Gasteiger partial charge in [-0.15, -0.1) is 0 Å². The molecule has 1 aromatic carbocycles. The average molecular weight is 246 g/mol. The van der Waals surface area contributed by atoms with E-state index in [9.17, 15) is 10.5 Å². The van der Waals surface area contributed by atoms with E-state index in [1.54, 1.807) is 0 Å². The summed E-state index contributed by atoms with van der Waals surface area (Å²) >= 11 is 0. The average Bonchev–Trinajstić information content (AvgIpc) is 3.00. The zero-order valence-electron chi connectivity index (χ0n) is 10.5. The summed E-state index contributed by atoms with van der Waals surface area (Å²) in [6, 6.07) is 14.9. The van der Waals surface area contributed by atoms with Crippen LogP contribution in [0.15, 0.2) is 42.5 Å². The lowest BCUT2D eigenvalue weighted by Crippen LogP contribution is -2.55. The summed E-state index contributed by atoms with van der Waals surface area (Å²) in [6.07, 6.45) is 5.68. The fourth-order valence-corrected chi connectivity index (χ4v) is 4.81. The Hall–Kier alpha value is -2.06. The van der Waals surface area contributed by atoms with Crippen molar-refractivity contribution in [2.24, 2.45) is 29.1 Å². The van der Waals surface area contributed by atoms with Crippen molar-refractivity contribution in [3.8, 4) is 12.1 Å². The van der Waals surface area contributed by atoms with Crippen LogP contribution in [-0.2, 0) is 0 Å². The highest BCUT2D eigenvalue weighted by Gasteiger charge is 2.71. The molecule has 2 fully saturated rings. The van der Waals surface area contributed by atoms with Gasteiger partial charge in [-0.25, -0.2) is 0 Å². The first-order valence-corrected chi connectivity index (χ1v) is 6.87. The lowest BCUT2D eigenvalue weighted by Gasteiger charge is -2.55. The standard InChI is InChI=1S/C17H14N2/c18-9-17(10-19)15(11-4-2-1-3-5-11)14-12-6-7-13(8-12)16(14)17/h1-7,12-16H,8H2. The summed E-state index contributed by atoms with van der Waals surface area (Å²) in [7, 11) is 0. The molecule has 3 aliphatic rings. The number of benzene rings is 1. The van der Waals surface area contributed by atoms with Crippen molar-refractivity contribution >= 4 is 0 Å². The van der Waals surface area contributed by atoms with Gasteiger partial charge in [-0.05, 0) is 29.7 Å². The van der Waals surface area contributed by atoms with Gasteiger partial charge < -0.3 is 0 Å². The molecular formula is C17H14N2. The van der Waals surface area contributed by atoms with E-state index >= 15 is 0 Å². The molecule has 2 saturated carbocycles. The molecule has 1 aromatic rings. The Morgan fingerprint density at radius 2 is 1.68 bits per heavy atom. The summed E-state index contributed by atoms with van der Waals surface area (Å²) in [5.74, 6) is 1.87. The van der Waals surface area contributed by atoms with Crippen LogP contribution in [0.5, 0.6) is 0 Å². The smallest absolute Gasteiger partial charge is 0.154 e. The van der Waals surface area contributed by atoms with Crippen LogP contribution in [0.3, 0.4) is 0 Å². The largest absolute Gasteiger partial charge is 0.197 e. The Labute approximate surface area is 113 Å². The van der Waals surface area contributed by atoms with Crippen LogP contribution in [0.1, 0.15) is 17.9 Å². The van der Waals surface area contributed by atoms with E-state index in [1.165, 1.54) is 0 Å². The van der Waals surface area contributed by atoms with E-state index in [0.717, 1.165) is 12.0 Å². The molecule has 0 heterocycles. The fourth-order valence-electron chi connectivity index (χ4n) is 4.81. The second kappa shape index (κ2) is 3.49. The van der Waals surface area contributed by atoms with E-state index in [2.05, 4.69) is 36.4 Å². The van der Waals surface area contributed by atoms with E-state index in [4.69, 9.17) is 0 Å². The van der Waals surface area contributed by atoms with Gasteiger partial charge in [0.15, 0.2) is 5.41 Å². The van der Waals surface area contributed by atoms with Crippen molar-refractivity contribution in [1.29, 1.82) is 10.5 Å². The van der Waals surface area contributed by atoms with Gasteiger partial charge in [0.2, 0.25) is 0 Å². The molecule has 0 aliphatic heterocycles. The molecule has 0 spiro atoms. The van der Waals surface area contributed by atoms with Crippen LogP contribution in [-0.4, -0.2) is 0 Å². The minimum Gasteiger partial charge on any atom is -0.197 e. The molecule has 2 nitrogen and oxygen atoms in total. The summed E-state index contributed by atoms with van der Waals surface area (Å²) in [6.45, 7) is 0. The molecule has 0 N–H and O–H groups in total. The molecule has 0 radical (unpaired) electrons. The lowest BCUT2D eigenvalue weighted by atomic mass is 9.43. The Bertz CT molecular complexity index is 617. The second-order valence-electron chi connectivity index (χ2n) is 6.03. The number of nitriles is 2. The lowest BCUT2D eigenvalue weighted by molar-refractivity contribution is 0.00595. The van der Waals surface area contributed by atoms with Gasteiger partial charge in [-0.3, -0.25) is 0 Å². The minimum absolute atomic E-state index is 0.0913. The molecule has 3 aliphatic carbocycles. The molecular weight excluding hydrogens is 232 g/mol. The SMILES string of the molecule is N#CC1(C#N)C(c2ccccc2)C2C3C=CC(C3)C21. The van der Waals surface area contributed by atoms with Crippen LogP contribution < -0.4 is 0 Å². The van der Waals surface area contributed by atoms with Crippen molar-refractivity contribution in [3.05, 3.63) is 48.0 Å². The van der Waals surface area contributed by atoms with Crippen LogP contribution in [0.2, 0.25) is 0 Å². The Morgan fingerprint density at radius 1 is 1.00 bits per heavy atom. The van der Waals surface area contributed by atoms with E-state index in [-0.39, 0.29) is 11.8 Å². The molecule has 0 saturated heterocycles. The van der Waals surface area contributed by atoms with Crippen molar-refractivity contribution in [2.45, 2.75) is 12.3 Å². The molecule has 5 atom stereocenters. The Kier molecular flexibility index (Phi) is 1.99. The minimum atomic E-state index is -0.809. The second-order valence-corrected chi connectivity index (χ2v) is 6.03. The van der Waals surface area contributed by atoms with Crippen molar-refractivity contribution in [3.63, 3.8) is 0 Å². The number of hydrogen-bond donors (Lipinski definition) is 0. The summed E-state index contributed by atoms with van der Waals surface area (Å²) in [5, 5.41) is 19.3. The quantitative estimate of drug-likeness (QED) is 0.714. The van der Waals surface area contributed by atoms with Crippen molar-refractivity contribution < 1.29 is 0 Å². The van der Waals surface area contributed by atoms with E-state index in [0.29, 0.717) is 17.8 Å². The predicted molar refractivity (Wildman–Crippen MR) is 70.6 cm³/mol. The van der Waals surface area contributed by atoms with Gasteiger partial charge in [0.05, 0.1) is 12.1 Å². The van der Waals surface area contributed by atoms with Gasteiger partial charge in [0.1, 0.15) is 0 Å².